The molecule has 1 aromatic carbocycles. The van der Waals surface area contributed by atoms with Crippen LogP contribution in [-0.4, -0.2) is 17.9 Å². The zero-order valence-corrected chi connectivity index (χ0v) is 12.2. The molecule has 0 spiro atoms. The van der Waals surface area contributed by atoms with Gasteiger partial charge in [-0.05, 0) is 36.4 Å². The van der Waals surface area contributed by atoms with Crippen LogP contribution in [0.3, 0.4) is 0 Å². The van der Waals surface area contributed by atoms with Gasteiger partial charge in [-0.25, -0.2) is 4.98 Å². The van der Waals surface area contributed by atoms with Crippen LogP contribution in [0.4, 0.5) is 0 Å². The van der Waals surface area contributed by atoms with Gasteiger partial charge in [0.15, 0.2) is 10.3 Å². The topological polar surface area (TPSA) is 39.2 Å². The van der Waals surface area contributed by atoms with Gasteiger partial charge in [0.2, 0.25) is 0 Å². The van der Waals surface area contributed by atoms with Gasteiger partial charge >= 0.3 is 0 Å². The number of methoxy groups -OCH3 is 1. The molecule has 0 amide bonds. The fraction of sp³-hybridized carbons (Fsp3) is 0.0769. The summed E-state index contributed by atoms with van der Waals surface area (Å²) in [4.78, 5) is 16.4. The third-order valence-corrected chi connectivity index (χ3v) is 3.87. The van der Waals surface area contributed by atoms with Crippen LogP contribution in [0.1, 0.15) is 15.2 Å². The van der Waals surface area contributed by atoms with Crippen molar-refractivity contribution in [2.45, 2.75) is 0 Å². The molecule has 19 heavy (non-hydrogen) atoms. The van der Waals surface area contributed by atoms with E-state index in [-0.39, 0.29) is 5.78 Å². The van der Waals surface area contributed by atoms with Crippen molar-refractivity contribution < 1.29 is 9.53 Å². The zero-order chi connectivity index (χ0) is 13.8. The Bertz CT molecular complexity index is 620. The van der Waals surface area contributed by atoms with Crippen LogP contribution < -0.4 is 4.74 Å². The van der Waals surface area contributed by atoms with Crippen molar-refractivity contribution >= 4 is 46.4 Å². The van der Waals surface area contributed by atoms with Gasteiger partial charge in [-0.15, -0.1) is 11.3 Å². The number of rotatable bonds is 4. The Balaban J connectivity index is 2.14. The van der Waals surface area contributed by atoms with Gasteiger partial charge in [0, 0.05) is 5.56 Å². The first-order valence-corrected chi connectivity index (χ1v) is 6.85. The lowest BCUT2D eigenvalue weighted by Gasteiger charge is -1.99. The molecule has 0 atom stereocenters. The summed E-state index contributed by atoms with van der Waals surface area (Å²) in [5, 5.41) is 0.300. The summed E-state index contributed by atoms with van der Waals surface area (Å²) in [6, 6.07) is 6.87. The Morgan fingerprint density at radius 3 is 2.53 bits per heavy atom. The molecule has 0 saturated heterocycles. The number of benzene rings is 1. The Hall–Kier alpha value is -1.36. The first-order chi connectivity index (χ1) is 9.10. The lowest BCUT2D eigenvalue weighted by atomic mass is 10.1. The summed E-state index contributed by atoms with van der Waals surface area (Å²) < 4.78 is 5.38. The van der Waals surface area contributed by atoms with E-state index in [9.17, 15) is 4.79 Å². The highest BCUT2D eigenvalue weighted by molar-refractivity contribution is 7.17. The summed E-state index contributed by atoms with van der Waals surface area (Å²) in [5.74, 6) is 0.584. The minimum absolute atomic E-state index is 0.122. The van der Waals surface area contributed by atoms with Crippen LogP contribution in [0, 0.1) is 0 Å². The normalized spacial score (nSPS) is 10.9. The van der Waals surface area contributed by atoms with E-state index < -0.39 is 0 Å². The highest BCUT2D eigenvalue weighted by Gasteiger charge is 2.06. The smallest absolute Gasteiger partial charge is 0.185 e. The highest BCUT2D eigenvalue weighted by atomic mass is 35.5. The SMILES string of the molecule is COc1ccc(C(=O)/C=C/c2sc(Cl)nc2Cl)cc1. The van der Waals surface area contributed by atoms with Gasteiger partial charge in [0.1, 0.15) is 10.9 Å². The van der Waals surface area contributed by atoms with Gasteiger partial charge in [-0.3, -0.25) is 4.79 Å². The number of nitrogens with zero attached hydrogens (tertiary/aromatic N) is 1. The Morgan fingerprint density at radius 1 is 1.32 bits per heavy atom. The number of halogens is 2. The van der Waals surface area contributed by atoms with Crippen molar-refractivity contribution in [3.8, 4) is 5.75 Å². The molecule has 0 bridgehead atoms. The molecule has 0 aliphatic carbocycles. The lowest BCUT2D eigenvalue weighted by Crippen LogP contribution is -1.93. The molecule has 6 heteroatoms. The third-order valence-electron chi connectivity index (χ3n) is 2.34. The summed E-state index contributed by atoms with van der Waals surface area (Å²) >= 11 is 12.8. The molecular weight excluding hydrogens is 305 g/mol. The van der Waals surface area contributed by atoms with Crippen molar-refractivity contribution in [2.75, 3.05) is 7.11 Å². The van der Waals surface area contributed by atoms with Gasteiger partial charge in [0.05, 0.1) is 12.0 Å². The van der Waals surface area contributed by atoms with Crippen molar-refractivity contribution in [3.63, 3.8) is 0 Å². The van der Waals surface area contributed by atoms with Crippen LogP contribution in [0.2, 0.25) is 9.62 Å². The number of ketones is 1. The molecule has 0 aliphatic heterocycles. The van der Waals surface area contributed by atoms with Crippen molar-refractivity contribution in [2.24, 2.45) is 0 Å². The van der Waals surface area contributed by atoms with Crippen molar-refractivity contribution in [3.05, 3.63) is 50.4 Å². The largest absolute Gasteiger partial charge is 0.497 e. The number of aromatic nitrogens is 1. The molecule has 0 unspecified atom stereocenters. The Labute approximate surface area is 124 Å². The maximum atomic E-state index is 11.9. The standard InChI is InChI=1S/C13H9Cl2NO2S/c1-18-9-4-2-8(3-5-9)10(17)6-7-11-12(14)16-13(15)19-11/h2-7H,1H3/b7-6+. The molecule has 98 valence electrons. The van der Waals surface area contributed by atoms with E-state index >= 15 is 0 Å². The number of allylic oxidation sites excluding steroid dienone is 1. The minimum Gasteiger partial charge on any atom is -0.497 e. The van der Waals surface area contributed by atoms with Gasteiger partial charge in [-0.1, -0.05) is 23.2 Å². The third kappa shape index (κ3) is 3.56. The average molecular weight is 314 g/mol. The second-order valence-corrected chi connectivity index (χ2v) is 5.52. The fourth-order valence-corrected chi connectivity index (χ4v) is 2.67. The molecule has 1 aromatic heterocycles. The van der Waals surface area contributed by atoms with E-state index in [4.69, 9.17) is 27.9 Å². The predicted octanol–water partition coefficient (Wildman–Crippen LogP) is 4.35. The molecule has 1 heterocycles. The first kappa shape index (κ1) is 14.1. The van der Waals surface area contributed by atoms with Crippen LogP contribution in [0.25, 0.3) is 6.08 Å². The van der Waals surface area contributed by atoms with Crippen LogP contribution >= 0.6 is 34.5 Å². The maximum absolute atomic E-state index is 11.9. The molecule has 0 aliphatic rings. The lowest BCUT2D eigenvalue weighted by molar-refractivity contribution is 0.104. The van der Waals surface area contributed by atoms with E-state index in [0.29, 0.717) is 25.8 Å². The number of carbonyl (C=O) groups excluding carboxylic acids is 1. The Morgan fingerprint density at radius 2 is 2.00 bits per heavy atom. The molecule has 3 nitrogen and oxygen atoms in total. The maximum Gasteiger partial charge on any atom is 0.185 e. The quantitative estimate of drug-likeness (QED) is 0.622. The van der Waals surface area contributed by atoms with Crippen LogP contribution in [0.15, 0.2) is 30.3 Å². The Kier molecular flexibility index (Phi) is 4.58. The van der Waals surface area contributed by atoms with E-state index in [1.807, 2.05) is 0 Å². The summed E-state index contributed by atoms with van der Waals surface area (Å²) in [6.07, 6.45) is 3.05. The zero-order valence-electron chi connectivity index (χ0n) is 9.89. The first-order valence-electron chi connectivity index (χ1n) is 5.28. The second kappa shape index (κ2) is 6.19. The summed E-state index contributed by atoms with van der Waals surface area (Å²) in [6.45, 7) is 0. The minimum atomic E-state index is -0.122. The molecule has 2 aromatic rings. The van der Waals surface area contributed by atoms with Crippen molar-refractivity contribution in [1.82, 2.24) is 4.98 Å². The fourth-order valence-electron chi connectivity index (χ4n) is 1.39. The average Bonchev–Trinajstić information content (AvgIpc) is 2.74. The monoisotopic (exact) mass is 313 g/mol. The molecular formula is C13H9Cl2NO2S. The summed E-state index contributed by atoms with van der Waals surface area (Å²) in [7, 11) is 1.58. The predicted molar refractivity (Wildman–Crippen MR) is 78.5 cm³/mol. The number of ether oxygens (including phenoxy) is 1. The second-order valence-electron chi connectivity index (χ2n) is 3.55. The molecule has 2 rings (SSSR count). The molecule has 0 N–H and O–H groups in total. The molecule has 0 saturated carbocycles. The number of hydrogen-bond donors (Lipinski definition) is 0. The van der Waals surface area contributed by atoms with E-state index in [0.717, 1.165) is 0 Å². The van der Waals surface area contributed by atoms with Gasteiger partial charge in [-0.2, -0.15) is 0 Å². The van der Waals surface area contributed by atoms with Crippen LogP contribution in [-0.2, 0) is 0 Å². The van der Waals surface area contributed by atoms with E-state index in [2.05, 4.69) is 4.98 Å². The van der Waals surface area contributed by atoms with Gasteiger partial charge in [0.25, 0.3) is 0 Å². The number of thiazole rings is 1. The van der Waals surface area contributed by atoms with Gasteiger partial charge < -0.3 is 4.74 Å². The van der Waals surface area contributed by atoms with E-state index in [1.54, 1.807) is 37.5 Å². The van der Waals surface area contributed by atoms with E-state index in [1.165, 1.54) is 17.4 Å². The number of carbonyl (C=O) groups is 1. The van der Waals surface area contributed by atoms with Crippen molar-refractivity contribution in [1.29, 1.82) is 0 Å². The molecule has 0 fully saturated rings. The highest BCUT2D eigenvalue weighted by Crippen LogP contribution is 2.27. The molecule has 0 radical (unpaired) electrons. The van der Waals surface area contributed by atoms with Crippen LogP contribution in [0.5, 0.6) is 5.75 Å². The summed E-state index contributed by atoms with van der Waals surface area (Å²) in [5.41, 5.74) is 0.573. The number of hydrogen-bond acceptors (Lipinski definition) is 4.